The molecule has 26 heavy (non-hydrogen) atoms. The van der Waals surface area contributed by atoms with Crippen LogP contribution in [0.5, 0.6) is 0 Å². The van der Waals surface area contributed by atoms with Crippen molar-refractivity contribution >= 4 is 29.0 Å². The van der Waals surface area contributed by atoms with Crippen molar-refractivity contribution in [2.45, 2.75) is 32.6 Å². The molecule has 5 nitrogen and oxygen atoms in total. The molecule has 2 N–H and O–H groups in total. The van der Waals surface area contributed by atoms with Crippen LogP contribution in [-0.2, 0) is 11.3 Å². The molecule has 138 valence electrons. The number of carbonyl (C=O) groups excluding carboxylic acids is 1. The van der Waals surface area contributed by atoms with Crippen LogP contribution in [0.15, 0.2) is 48.5 Å². The number of rotatable bonds is 4. The van der Waals surface area contributed by atoms with Gasteiger partial charge in [-0.1, -0.05) is 23.7 Å². The van der Waals surface area contributed by atoms with Crippen LogP contribution in [0.25, 0.3) is 0 Å². The summed E-state index contributed by atoms with van der Waals surface area (Å²) < 4.78 is 5.77. The lowest BCUT2D eigenvalue weighted by Crippen LogP contribution is -2.45. The first kappa shape index (κ1) is 18.5. The van der Waals surface area contributed by atoms with Gasteiger partial charge in [0.25, 0.3) is 0 Å². The van der Waals surface area contributed by atoms with E-state index in [9.17, 15) is 4.79 Å². The van der Waals surface area contributed by atoms with Crippen molar-refractivity contribution in [1.29, 1.82) is 0 Å². The molecule has 3 rings (SSSR count). The van der Waals surface area contributed by atoms with Gasteiger partial charge in [-0.15, -0.1) is 0 Å². The Morgan fingerprint density at radius 1 is 1.15 bits per heavy atom. The van der Waals surface area contributed by atoms with Gasteiger partial charge < -0.3 is 20.3 Å². The Hall–Kier alpha value is -2.24. The normalized spacial score (nSPS) is 19.9. The number of halogens is 1. The number of ether oxygens (including phenoxy) is 1. The monoisotopic (exact) mass is 373 g/mol. The Bertz CT molecular complexity index is 741. The van der Waals surface area contributed by atoms with Gasteiger partial charge in [-0.05, 0) is 55.8 Å². The summed E-state index contributed by atoms with van der Waals surface area (Å²) in [5, 5.41) is 6.34. The average Bonchev–Trinajstić information content (AvgIpc) is 2.60. The summed E-state index contributed by atoms with van der Waals surface area (Å²) in [6.45, 7) is 6.34. The number of carbonyl (C=O) groups is 1. The predicted molar refractivity (Wildman–Crippen MR) is 106 cm³/mol. The molecule has 2 amide bonds. The number of hydrogen-bond acceptors (Lipinski definition) is 3. The quantitative estimate of drug-likeness (QED) is 0.841. The first-order valence-corrected chi connectivity index (χ1v) is 9.17. The fourth-order valence-electron chi connectivity index (χ4n) is 3.15. The number of anilines is 2. The standard InChI is InChI=1S/C20H24ClN3O2/c1-14-12-24(13-15(2)26-14)19-8-6-18(7-9-19)23-20(25)22-11-16-4-3-5-17(21)10-16/h3-10,14-15H,11-13H2,1-2H3,(H2,22,23,25). The second kappa shape index (κ2) is 8.43. The number of morpholine rings is 1. The predicted octanol–water partition coefficient (Wildman–Crippen LogP) is 4.28. The van der Waals surface area contributed by atoms with Crippen LogP contribution < -0.4 is 15.5 Å². The fourth-order valence-corrected chi connectivity index (χ4v) is 3.36. The van der Waals surface area contributed by atoms with E-state index in [4.69, 9.17) is 16.3 Å². The maximum Gasteiger partial charge on any atom is 0.319 e. The van der Waals surface area contributed by atoms with E-state index in [0.29, 0.717) is 11.6 Å². The Kier molecular flexibility index (Phi) is 6.01. The first-order valence-electron chi connectivity index (χ1n) is 8.79. The fraction of sp³-hybridized carbons (Fsp3) is 0.350. The number of urea groups is 1. The third-order valence-corrected chi connectivity index (χ3v) is 4.49. The van der Waals surface area contributed by atoms with E-state index in [0.717, 1.165) is 30.0 Å². The summed E-state index contributed by atoms with van der Waals surface area (Å²) in [6.07, 6.45) is 0.433. The highest BCUT2D eigenvalue weighted by atomic mass is 35.5. The molecule has 2 unspecified atom stereocenters. The highest BCUT2D eigenvalue weighted by Gasteiger charge is 2.22. The van der Waals surface area contributed by atoms with Crippen LogP contribution in [0.1, 0.15) is 19.4 Å². The molecule has 1 aliphatic rings. The second-order valence-corrected chi connectivity index (χ2v) is 7.08. The Morgan fingerprint density at radius 2 is 1.85 bits per heavy atom. The van der Waals surface area contributed by atoms with Crippen LogP contribution in [0.2, 0.25) is 5.02 Å². The largest absolute Gasteiger partial charge is 0.372 e. The summed E-state index contributed by atoms with van der Waals surface area (Å²) in [5.74, 6) is 0. The first-order chi connectivity index (χ1) is 12.5. The van der Waals surface area contributed by atoms with Crippen molar-refractivity contribution in [3.05, 3.63) is 59.1 Å². The van der Waals surface area contributed by atoms with Crippen LogP contribution in [0.3, 0.4) is 0 Å². The van der Waals surface area contributed by atoms with E-state index in [2.05, 4.69) is 29.4 Å². The van der Waals surface area contributed by atoms with Crippen molar-refractivity contribution in [1.82, 2.24) is 5.32 Å². The molecule has 2 aromatic rings. The highest BCUT2D eigenvalue weighted by Crippen LogP contribution is 2.22. The van der Waals surface area contributed by atoms with Gasteiger partial charge in [0.15, 0.2) is 0 Å². The van der Waals surface area contributed by atoms with Crippen molar-refractivity contribution in [2.75, 3.05) is 23.3 Å². The minimum absolute atomic E-state index is 0.216. The van der Waals surface area contributed by atoms with E-state index in [-0.39, 0.29) is 18.2 Å². The van der Waals surface area contributed by atoms with Crippen molar-refractivity contribution < 1.29 is 9.53 Å². The number of nitrogens with zero attached hydrogens (tertiary/aromatic N) is 1. The number of benzene rings is 2. The highest BCUT2D eigenvalue weighted by molar-refractivity contribution is 6.30. The van der Waals surface area contributed by atoms with Gasteiger partial charge in [0.2, 0.25) is 0 Å². The summed E-state index contributed by atoms with van der Waals surface area (Å²) >= 11 is 5.95. The molecule has 2 atom stereocenters. The van der Waals surface area contributed by atoms with Gasteiger partial charge >= 0.3 is 6.03 Å². The van der Waals surface area contributed by atoms with E-state index in [1.807, 2.05) is 48.5 Å². The number of hydrogen-bond donors (Lipinski definition) is 2. The molecule has 0 spiro atoms. The molecule has 0 bridgehead atoms. The van der Waals surface area contributed by atoms with Gasteiger partial charge in [0.05, 0.1) is 12.2 Å². The van der Waals surface area contributed by atoms with Gasteiger partial charge in [0, 0.05) is 36.0 Å². The van der Waals surface area contributed by atoms with Crippen molar-refractivity contribution in [3.63, 3.8) is 0 Å². The minimum atomic E-state index is -0.244. The molecule has 1 aliphatic heterocycles. The zero-order valence-corrected chi connectivity index (χ0v) is 15.8. The van der Waals surface area contributed by atoms with E-state index < -0.39 is 0 Å². The Labute approximate surface area is 159 Å². The van der Waals surface area contributed by atoms with Gasteiger partial charge in [-0.2, -0.15) is 0 Å². The summed E-state index contributed by atoms with van der Waals surface area (Å²) in [6, 6.07) is 15.1. The third kappa shape index (κ3) is 5.13. The lowest BCUT2D eigenvalue weighted by Gasteiger charge is -2.36. The maximum atomic E-state index is 12.1. The Morgan fingerprint density at radius 3 is 2.50 bits per heavy atom. The van der Waals surface area contributed by atoms with Gasteiger partial charge in [-0.3, -0.25) is 0 Å². The summed E-state index contributed by atoms with van der Waals surface area (Å²) in [7, 11) is 0. The number of nitrogens with one attached hydrogen (secondary N) is 2. The zero-order chi connectivity index (χ0) is 18.5. The molecule has 1 fully saturated rings. The summed E-state index contributed by atoms with van der Waals surface area (Å²) in [4.78, 5) is 14.4. The van der Waals surface area contributed by atoms with Gasteiger partial charge in [-0.25, -0.2) is 4.79 Å². The lowest BCUT2D eigenvalue weighted by atomic mass is 10.2. The molecular weight excluding hydrogens is 350 g/mol. The SMILES string of the molecule is CC1CN(c2ccc(NC(=O)NCc3cccc(Cl)c3)cc2)CC(C)O1. The van der Waals surface area contributed by atoms with Crippen molar-refractivity contribution in [2.24, 2.45) is 0 Å². The van der Waals surface area contributed by atoms with E-state index in [1.54, 1.807) is 0 Å². The second-order valence-electron chi connectivity index (χ2n) is 6.65. The van der Waals surface area contributed by atoms with Crippen molar-refractivity contribution in [3.8, 4) is 0 Å². The molecule has 1 heterocycles. The smallest absolute Gasteiger partial charge is 0.319 e. The molecule has 0 saturated carbocycles. The summed E-state index contributed by atoms with van der Waals surface area (Å²) in [5.41, 5.74) is 2.85. The molecule has 6 heteroatoms. The van der Waals surface area contributed by atoms with Gasteiger partial charge in [0.1, 0.15) is 0 Å². The molecule has 2 aromatic carbocycles. The lowest BCUT2D eigenvalue weighted by molar-refractivity contribution is -0.00521. The van der Waals surface area contributed by atoms with Crippen LogP contribution in [0.4, 0.5) is 16.2 Å². The molecule has 0 radical (unpaired) electrons. The minimum Gasteiger partial charge on any atom is -0.372 e. The number of amides is 2. The molecule has 0 aliphatic carbocycles. The third-order valence-electron chi connectivity index (χ3n) is 4.25. The average molecular weight is 374 g/mol. The molecular formula is C20H24ClN3O2. The molecule has 1 saturated heterocycles. The topological polar surface area (TPSA) is 53.6 Å². The zero-order valence-electron chi connectivity index (χ0n) is 15.0. The Balaban J connectivity index is 1.53. The van der Waals surface area contributed by atoms with E-state index >= 15 is 0 Å². The maximum absolute atomic E-state index is 12.1. The van der Waals surface area contributed by atoms with Crippen LogP contribution in [0, 0.1) is 0 Å². The molecule has 0 aromatic heterocycles. The van der Waals surface area contributed by atoms with Crippen LogP contribution in [-0.4, -0.2) is 31.3 Å². The van der Waals surface area contributed by atoms with Crippen LogP contribution >= 0.6 is 11.6 Å². The van der Waals surface area contributed by atoms with E-state index in [1.165, 1.54) is 0 Å².